The summed E-state index contributed by atoms with van der Waals surface area (Å²) in [6, 6.07) is 16.5. The standard InChI is InChI=1S/C16H13FN2/c1-19-15(12-7-9-14(17)10-8-12)11-18-16(19)13-5-3-2-4-6-13/h2-11H,1H3. The molecule has 2 aromatic carbocycles. The lowest BCUT2D eigenvalue weighted by molar-refractivity contribution is 0.628. The van der Waals surface area contributed by atoms with Crippen LogP contribution in [0, 0.1) is 5.82 Å². The van der Waals surface area contributed by atoms with E-state index in [1.54, 1.807) is 12.1 Å². The molecule has 3 heteroatoms. The molecule has 0 bridgehead atoms. The van der Waals surface area contributed by atoms with Gasteiger partial charge in [-0.1, -0.05) is 30.3 Å². The normalized spacial score (nSPS) is 10.6. The molecule has 0 aliphatic carbocycles. The molecule has 0 aliphatic heterocycles. The molecule has 0 amide bonds. The fraction of sp³-hybridized carbons (Fsp3) is 0.0625. The highest BCUT2D eigenvalue weighted by molar-refractivity contribution is 5.65. The highest BCUT2D eigenvalue weighted by Gasteiger charge is 2.09. The summed E-state index contributed by atoms with van der Waals surface area (Å²) in [4.78, 5) is 4.45. The number of hydrogen-bond donors (Lipinski definition) is 0. The largest absolute Gasteiger partial charge is 0.327 e. The van der Waals surface area contributed by atoms with E-state index in [0.29, 0.717) is 0 Å². The van der Waals surface area contributed by atoms with Crippen LogP contribution in [0.25, 0.3) is 22.6 Å². The number of rotatable bonds is 2. The number of aromatic nitrogens is 2. The Labute approximate surface area is 111 Å². The number of nitrogens with zero attached hydrogens (tertiary/aromatic N) is 2. The number of hydrogen-bond acceptors (Lipinski definition) is 1. The summed E-state index contributed by atoms with van der Waals surface area (Å²) in [5.74, 6) is 0.675. The summed E-state index contributed by atoms with van der Waals surface area (Å²) in [5.41, 5.74) is 3.00. The molecule has 0 atom stereocenters. The van der Waals surface area contributed by atoms with E-state index in [1.807, 2.05) is 48.1 Å². The van der Waals surface area contributed by atoms with Gasteiger partial charge in [-0.2, -0.15) is 0 Å². The van der Waals surface area contributed by atoms with Crippen molar-refractivity contribution in [1.29, 1.82) is 0 Å². The van der Waals surface area contributed by atoms with Gasteiger partial charge in [-0.3, -0.25) is 0 Å². The van der Waals surface area contributed by atoms with Gasteiger partial charge in [0.25, 0.3) is 0 Å². The van der Waals surface area contributed by atoms with Gasteiger partial charge >= 0.3 is 0 Å². The summed E-state index contributed by atoms with van der Waals surface area (Å²) in [5, 5.41) is 0. The third kappa shape index (κ3) is 2.15. The molecule has 19 heavy (non-hydrogen) atoms. The molecule has 0 N–H and O–H groups in total. The Morgan fingerprint density at radius 3 is 2.26 bits per heavy atom. The van der Waals surface area contributed by atoms with Crippen molar-refractivity contribution >= 4 is 0 Å². The maximum Gasteiger partial charge on any atom is 0.140 e. The Morgan fingerprint density at radius 2 is 1.58 bits per heavy atom. The molecule has 3 rings (SSSR count). The number of imidazole rings is 1. The van der Waals surface area contributed by atoms with Crippen molar-refractivity contribution < 1.29 is 4.39 Å². The summed E-state index contributed by atoms with van der Waals surface area (Å²) in [6.07, 6.45) is 1.82. The SMILES string of the molecule is Cn1c(-c2ccc(F)cc2)cnc1-c1ccccc1. The van der Waals surface area contributed by atoms with Gasteiger partial charge in [0.05, 0.1) is 11.9 Å². The van der Waals surface area contributed by atoms with Crippen molar-refractivity contribution in [2.75, 3.05) is 0 Å². The lowest BCUT2D eigenvalue weighted by Gasteiger charge is -2.06. The summed E-state index contributed by atoms with van der Waals surface area (Å²) in [6.45, 7) is 0. The Kier molecular flexibility index (Phi) is 2.88. The van der Waals surface area contributed by atoms with Crippen molar-refractivity contribution in [3.8, 4) is 22.6 Å². The fourth-order valence-corrected chi connectivity index (χ4v) is 2.15. The zero-order valence-corrected chi connectivity index (χ0v) is 10.5. The van der Waals surface area contributed by atoms with Gasteiger partial charge in [0.2, 0.25) is 0 Å². The van der Waals surface area contributed by atoms with Crippen LogP contribution in [-0.2, 0) is 7.05 Å². The average molecular weight is 252 g/mol. The first kappa shape index (κ1) is 11.7. The van der Waals surface area contributed by atoms with Gasteiger partial charge < -0.3 is 4.57 Å². The predicted molar refractivity (Wildman–Crippen MR) is 74.0 cm³/mol. The Balaban J connectivity index is 2.06. The zero-order valence-electron chi connectivity index (χ0n) is 10.5. The lowest BCUT2D eigenvalue weighted by atomic mass is 10.1. The molecular formula is C16H13FN2. The fourth-order valence-electron chi connectivity index (χ4n) is 2.15. The first-order valence-corrected chi connectivity index (χ1v) is 6.09. The van der Waals surface area contributed by atoms with E-state index in [4.69, 9.17) is 0 Å². The van der Waals surface area contributed by atoms with Crippen LogP contribution in [0.15, 0.2) is 60.8 Å². The van der Waals surface area contributed by atoms with E-state index < -0.39 is 0 Å². The minimum atomic E-state index is -0.228. The van der Waals surface area contributed by atoms with E-state index in [-0.39, 0.29) is 5.82 Å². The van der Waals surface area contributed by atoms with Crippen molar-refractivity contribution in [3.05, 3.63) is 66.6 Å². The highest BCUT2D eigenvalue weighted by Crippen LogP contribution is 2.25. The monoisotopic (exact) mass is 252 g/mol. The van der Waals surface area contributed by atoms with Crippen LogP contribution in [0.3, 0.4) is 0 Å². The second kappa shape index (κ2) is 4.69. The minimum absolute atomic E-state index is 0.228. The molecule has 0 saturated heterocycles. The second-order valence-electron chi connectivity index (χ2n) is 4.40. The predicted octanol–water partition coefficient (Wildman–Crippen LogP) is 3.89. The molecule has 2 nitrogen and oxygen atoms in total. The summed E-state index contributed by atoms with van der Waals surface area (Å²) >= 11 is 0. The van der Waals surface area contributed by atoms with Crippen LogP contribution in [0.2, 0.25) is 0 Å². The van der Waals surface area contributed by atoms with Gasteiger partial charge in [-0.25, -0.2) is 9.37 Å². The van der Waals surface area contributed by atoms with Crippen molar-refractivity contribution in [1.82, 2.24) is 9.55 Å². The molecule has 94 valence electrons. The van der Waals surface area contributed by atoms with E-state index >= 15 is 0 Å². The topological polar surface area (TPSA) is 17.8 Å². The molecule has 1 heterocycles. The first-order valence-electron chi connectivity index (χ1n) is 6.09. The van der Waals surface area contributed by atoms with Crippen LogP contribution in [0.5, 0.6) is 0 Å². The van der Waals surface area contributed by atoms with Gasteiger partial charge in [0, 0.05) is 12.6 Å². The van der Waals surface area contributed by atoms with Gasteiger partial charge in [-0.05, 0) is 29.8 Å². The van der Waals surface area contributed by atoms with E-state index in [9.17, 15) is 4.39 Å². The second-order valence-corrected chi connectivity index (χ2v) is 4.40. The Bertz CT molecular complexity index is 685. The van der Waals surface area contributed by atoms with Crippen molar-refractivity contribution in [2.24, 2.45) is 7.05 Å². The van der Waals surface area contributed by atoms with Crippen LogP contribution in [0.4, 0.5) is 4.39 Å². The van der Waals surface area contributed by atoms with Gasteiger partial charge in [0.1, 0.15) is 11.6 Å². The Hall–Kier alpha value is -2.42. The average Bonchev–Trinajstić information content (AvgIpc) is 2.83. The molecule has 0 saturated carbocycles. The maximum absolute atomic E-state index is 13.0. The summed E-state index contributed by atoms with van der Waals surface area (Å²) in [7, 11) is 1.97. The maximum atomic E-state index is 13.0. The third-order valence-electron chi connectivity index (χ3n) is 3.16. The van der Waals surface area contributed by atoms with Crippen LogP contribution in [-0.4, -0.2) is 9.55 Å². The molecule has 1 aromatic heterocycles. The van der Waals surface area contributed by atoms with E-state index in [1.165, 1.54) is 12.1 Å². The number of halogens is 1. The lowest BCUT2D eigenvalue weighted by Crippen LogP contribution is -1.95. The van der Waals surface area contributed by atoms with Crippen LogP contribution < -0.4 is 0 Å². The van der Waals surface area contributed by atoms with Gasteiger partial charge in [-0.15, -0.1) is 0 Å². The zero-order chi connectivity index (χ0) is 13.2. The minimum Gasteiger partial charge on any atom is -0.327 e. The quantitative estimate of drug-likeness (QED) is 0.676. The van der Waals surface area contributed by atoms with E-state index in [2.05, 4.69) is 4.98 Å². The molecular weight excluding hydrogens is 239 g/mol. The number of benzene rings is 2. The van der Waals surface area contributed by atoms with Crippen LogP contribution in [0.1, 0.15) is 0 Å². The molecule has 0 spiro atoms. The molecule has 0 aliphatic rings. The molecule has 0 unspecified atom stereocenters. The third-order valence-corrected chi connectivity index (χ3v) is 3.16. The Morgan fingerprint density at radius 1 is 0.895 bits per heavy atom. The van der Waals surface area contributed by atoms with Gasteiger partial charge in [0.15, 0.2) is 0 Å². The summed E-state index contributed by atoms with van der Waals surface area (Å²) < 4.78 is 15.0. The molecule has 3 aromatic rings. The highest BCUT2D eigenvalue weighted by atomic mass is 19.1. The van der Waals surface area contributed by atoms with Crippen molar-refractivity contribution in [3.63, 3.8) is 0 Å². The van der Waals surface area contributed by atoms with E-state index in [0.717, 1.165) is 22.6 Å². The van der Waals surface area contributed by atoms with Crippen LogP contribution >= 0.6 is 0 Å². The van der Waals surface area contributed by atoms with Crippen molar-refractivity contribution in [2.45, 2.75) is 0 Å². The smallest absolute Gasteiger partial charge is 0.140 e. The first-order chi connectivity index (χ1) is 9.25. The molecule has 0 fully saturated rings. The molecule has 0 radical (unpaired) electrons.